The van der Waals surface area contributed by atoms with Gasteiger partial charge in [-0.15, -0.1) is 0 Å². The smallest absolute Gasteiger partial charge is 0.125 e. The van der Waals surface area contributed by atoms with Crippen LogP contribution in [0.2, 0.25) is 0 Å². The van der Waals surface area contributed by atoms with E-state index in [9.17, 15) is 4.39 Å². The molecule has 0 bridgehead atoms. The monoisotopic (exact) mass is 347 g/mol. The van der Waals surface area contributed by atoms with Gasteiger partial charge in [0.15, 0.2) is 0 Å². The van der Waals surface area contributed by atoms with Crippen molar-refractivity contribution < 1.29 is 9.13 Å². The van der Waals surface area contributed by atoms with Crippen molar-refractivity contribution in [3.63, 3.8) is 0 Å². The molecule has 2 aromatic rings. The molecule has 3 N–H and O–H groups in total. The Bertz CT molecular complexity index is 562. The van der Waals surface area contributed by atoms with E-state index in [1.807, 2.05) is 22.6 Å². The maximum absolute atomic E-state index is 13.3. The van der Waals surface area contributed by atoms with Crippen LogP contribution in [0.4, 0.5) is 10.1 Å². The van der Waals surface area contributed by atoms with Gasteiger partial charge in [-0.25, -0.2) is 9.37 Å². The number of hydrogen-bond donors (Lipinski definition) is 2. The Morgan fingerprint density at radius 2 is 2.24 bits per heavy atom. The van der Waals surface area contributed by atoms with Crippen molar-refractivity contribution in [1.82, 2.24) is 4.98 Å². The summed E-state index contributed by atoms with van der Waals surface area (Å²) in [5.74, 6) is 5.13. The summed E-state index contributed by atoms with van der Waals surface area (Å²) in [6.07, 6.45) is 0. The number of nitrogens with zero attached hydrogens (tertiary/aromatic N) is 1. The molecule has 6 heteroatoms. The molecular formula is C11H11FIN3O. The number of nitrogen functional groups attached to an aromatic ring is 1. The highest BCUT2D eigenvalue weighted by atomic mass is 127. The maximum Gasteiger partial charge on any atom is 0.125 e. The number of hydrazine groups is 1. The number of nitrogens with two attached hydrogens (primary N) is 1. The standard InChI is InChI=1S/C11H11FIN3O/c1-17-5-7-4-10(16-14)8-2-6(12)3-9(13)11(8)15-7/h2-4H,5,14H2,1H3,(H,15,16). The molecular weight excluding hydrogens is 336 g/mol. The fraction of sp³-hybridized carbons (Fsp3) is 0.182. The van der Waals surface area contributed by atoms with Gasteiger partial charge >= 0.3 is 0 Å². The Kier molecular flexibility index (Phi) is 3.75. The average Bonchev–Trinajstić information content (AvgIpc) is 2.29. The van der Waals surface area contributed by atoms with E-state index in [4.69, 9.17) is 10.6 Å². The molecule has 0 amide bonds. The van der Waals surface area contributed by atoms with Crippen molar-refractivity contribution >= 4 is 39.2 Å². The lowest BCUT2D eigenvalue weighted by Gasteiger charge is -2.10. The number of nitrogens with one attached hydrogen (secondary N) is 1. The molecule has 4 nitrogen and oxygen atoms in total. The van der Waals surface area contributed by atoms with Gasteiger partial charge in [-0.3, -0.25) is 5.84 Å². The second-order valence-electron chi connectivity index (χ2n) is 3.52. The molecule has 0 spiro atoms. The van der Waals surface area contributed by atoms with Crippen molar-refractivity contribution in [3.05, 3.63) is 33.3 Å². The number of pyridine rings is 1. The molecule has 90 valence electrons. The molecule has 0 unspecified atom stereocenters. The molecule has 1 aromatic carbocycles. The third-order valence-electron chi connectivity index (χ3n) is 2.33. The number of fused-ring (bicyclic) bond motifs is 1. The number of methoxy groups -OCH3 is 1. The van der Waals surface area contributed by atoms with Crippen molar-refractivity contribution in [3.8, 4) is 0 Å². The number of rotatable bonds is 3. The van der Waals surface area contributed by atoms with Gasteiger partial charge in [0.1, 0.15) is 5.82 Å². The highest BCUT2D eigenvalue weighted by Gasteiger charge is 2.09. The first kappa shape index (κ1) is 12.5. The number of halogens is 2. The zero-order valence-electron chi connectivity index (χ0n) is 9.13. The first-order valence-corrected chi connectivity index (χ1v) is 5.98. The average molecular weight is 347 g/mol. The molecule has 0 saturated heterocycles. The van der Waals surface area contributed by atoms with Gasteiger partial charge in [-0.2, -0.15) is 0 Å². The summed E-state index contributed by atoms with van der Waals surface area (Å²) < 4.78 is 19.1. The van der Waals surface area contributed by atoms with Crippen molar-refractivity contribution in [2.75, 3.05) is 12.5 Å². The molecule has 0 aliphatic rings. The van der Waals surface area contributed by atoms with E-state index in [1.165, 1.54) is 12.1 Å². The van der Waals surface area contributed by atoms with Gasteiger partial charge in [0, 0.05) is 16.1 Å². The molecule has 17 heavy (non-hydrogen) atoms. The van der Waals surface area contributed by atoms with Crippen LogP contribution in [0.5, 0.6) is 0 Å². The highest BCUT2D eigenvalue weighted by molar-refractivity contribution is 14.1. The van der Waals surface area contributed by atoms with E-state index in [0.29, 0.717) is 17.7 Å². The summed E-state index contributed by atoms with van der Waals surface area (Å²) in [6, 6.07) is 4.60. The van der Waals surface area contributed by atoms with E-state index >= 15 is 0 Å². The molecule has 2 rings (SSSR count). The maximum atomic E-state index is 13.3. The molecule has 0 atom stereocenters. The molecule has 0 saturated carbocycles. The van der Waals surface area contributed by atoms with Gasteiger partial charge in [-0.1, -0.05) is 0 Å². The van der Waals surface area contributed by atoms with Gasteiger partial charge in [0.2, 0.25) is 0 Å². The quantitative estimate of drug-likeness (QED) is 0.509. The second kappa shape index (κ2) is 5.11. The Balaban J connectivity index is 2.73. The zero-order chi connectivity index (χ0) is 12.4. The molecule has 1 heterocycles. The summed E-state index contributed by atoms with van der Waals surface area (Å²) in [5, 5.41) is 0.664. The van der Waals surface area contributed by atoms with Crippen LogP contribution in [0.3, 0.4) is 0 Å². The third kappa shape index (κ3) is 2.48. The number of aromatic nitrogens is 1. The lowest BCUT2D eigenvalue weighted by Crippen LogP contribution is -2.09. The van der Waals surface area contributed by atoms with Crippen molar-refractivity contribution in [2.45, 2.75) is 6.61 Å². The first-order valence-electron chi connectivity index (χ1n) is 4.90. The lowest BCUT2D eigenvalue weighted by atomic mass is 10.1. The lowest BCUT2D eigenvalue weighted by molar-refractivity contribution is 0.182. The van der Waals surface area contributed by atoms with Crippen LogP contribution in [0, 0.1) is 9.39 Å². The van der Waals surface area contributed by atoms with Crippen LogP contribution in [-0.4, -0.2) is 12.1 Å². The third-order valence-corrected chi connectivity index (χ3v) is 3.15. The Labute approximate surface area is 111 Å². The normalized spacial score (nSPS) is 10.8. The summed E-state index contributed by atoms with van der Waals surface area (Å²) in [6.45, 7) is 0.387. The van der Waals surface area contributed by atoms with Crippen LogP contribution >= 0.6 is 22.6 Å². The second-order valence-corrected chi connectivity index (χ2v) is 4.68. The van der Waals surface area contributed by atoms with E-state index < -0.39 is 0 Å². The molecule has 0 aliphatic carbocycles. The van der Waals surface area contributed by atoms with Crippen LogP contribution in [-0.2, 0) is 11.3 Å². The predicted molar refractivity (Wildman–Crippen MR) is 72.9 cm³/mol. The zero-order valence-corrected chi connectivity index (χ0v) is 11.3. The summed E-state index contributed by atoms with van der Waals surface area (Å²) in [4.78, 5) is 4.42. The Morgan fingerprint density at radius 3 is 2.88 bits per heavy atom. The molecule has 1 aromatic heterocycles. The van der Waals surface area contributed by atoms with Gasteiger partial charge in [0.05, 0.1) is 23.5 Å². The fourth-order valence-corrected chi connectivity index (χ4v) is 2.36. The van der Waals surface area contributed by atoms with E-state index in [-0.39, 0.29) is 5.82 Å². The summed E-state index contributed by atoms with van der Waals surface area (Å²) in [5.41, 5.74) is 4.66. The van der Waals surface area contributed by atoms with Crippen LogP contribution in [0.25, 0.3) is 10.9 Å². The van der Waals surface area contributed by atoms with Crippen LogP contribution < -0.4 is 11.3 Å². The van der Waals surface area contributed by atoms with Crippen molar-refractivity contribution in [1.29, 1.82) is 0 Å². The summed E-state index contributed by atoms with van der Waals surface area (Å²) in [7, 11) is 1.59. The van der Waals surface area contributed by atoms with E-state index in [2.05, 4.69) is 10.4 Å². The minimum absolute atomic E-state index is 0.306. The van der Waals surface area contributed by atoms with Gasteiger partial charge in [0.25, 0.3) is 0 Å². The van der Waals surface area contributed by atoms with Crippen LogP contribution in [0.15, 0.2) is 18.2 Å². The number of hydrogen-bond acceptors (Lipinski definition) is 4. The van der Waals surface area contributed by atoms with Gasteiger partial charge < -0.3 is 10.2 Å². The van der Waals surface area contributed by atoms with E-state index in [1.54, 1.807) is 13.2 Å². The van der Waals surface area contributed by atoms with Crippen molar-refractivity contribution in [2.24, 2.45) is 5.84 Å². The minimum atomic E-state index is -0.306. The largest absolute Gasteiger partial charge is 0.378 e. The Morgan fingerprint density at radius 1 is 1.47 bits per heavy atom. The molecule has 0 radical (unpaired) electrons. The minimum Gasteiger partial charge on any atom is -0.378 e. The number of anilines is 1. The molecule has 0 aliphatic heterocycles. The molecule has 0 fully saturated rings. The SMILES string of the molecule is COCc1cc(NN)c2cc(F)cc(I)c2n1. The predicted octanol–water partition coefficient (Wildman–Crippen LogP) is 2.41. The van der Waals surface area contributed by atoms with Gasteiger partial charge in [-0.05, 0) is 40.8 Å². The Hall–Kier alpha value is -0.990. The number of benzene rings is 1. The summed E-state index contributed by atoms with van der Waals surface area (Å²) >= 11 is 2.05. The van der Waals surface area contributed by atoms with E-state index in [0.717, 1.165) is 14.8 Å². The fourth-order valence-electron chi connectivity index (χ4n) is 1.65. The first-order chi connectivity index (χ1) is 8.15. The topological polar surface area (TPSA) is 60.2 Å². The number of ether oxygens (including phenoxy) is 1. The van der Waals surface area contributed by atoms with Crippen LogP contribution in [0.1, 0.15) is 5.69 Å². The highest BCUT2D eigenvalue weighted by Crippen LogP contribution is 2.27.